The van der Waals surface area contributed by atoms with Gasteiger partial charge in [-0.05, 0) is 35.0 Å². The maximum atomic E-state index is 11.7. The van der Waals surface area contributed by atoms with Crippen molar-refractivity contribution in [3.05, 3.63) is 28.6 Å². The Morgan fingerprint density at radius 1 is 1.62 bits per heavy atom. The average Bonchev–Trinajstić information content (AvgIpc) is 2.50. The number of thiophene rings is 1. The molecule has 13 heavy (non-hydrogen) atoms. The Balaban J connectivity index is 3.15. The first-order chi connectivity index (χ1) is 5.98. The molecule has 0 aliphatic heterocycles. The highest BCUT2D eigenvalue weighted by Gasteiger charge is 2.21. The third-order valence-electron chi connectivity index (χ3n) is 1.65. The van der Waals surface area contributed by atoms with Gasteiger partial charge in [0.2, 0.25) is 0 Å². The Kier molecular flexibility index (Phi) is 3.32. The van der Waals surface area contributed by atoms with Crippen LogP contribution in [0.5, 0.6) is 0 Å². The van der Waals surface area contributed by atoms with E-state index in [1.54, 1.807) is 19.1 Å². The molecule has 0 aromatic carbocycles. The molecule has 0 aliphatic carbocycles. The number of hydrogen-bond donors (Lipinski definition) is 0. The van der Waals surface area contributed by atoms with E-state index in [1.807, 2.05) is 0 Å². The second kappa shape index (κ2) is 3.94. The molecule has 2 nitrogen and oxygen atoms in total. The predicted octanol–water partition coefficient (Wildman–Crippen LogP) is 2.86. The van der Waals surface area contributed by atoms with E-state index in [4.69, 9.17) is 0 Å². The standard InChI is InChI=1S/C8H9BrO2S2/c1-3-6(2)13(10,11)8-5-4-7(9)12-8/h3-6H,1H2,2H3. The van der Waals surface area contributed by atoms with Gasteiger partial charge in [-0.25, -0.2) is 8.42 Å². The molecule has 1 unspecified atom stereocenters. The summed E-state index contributed by atoms with van der Waals surface area (Å²) in [5.74, 6) is 0. The van der Waals surface area contributed by atoms with Gasteiger partial charge in [-0.1, -0.05) is 6.08 Å². The van der Waals surface area contributed by atoms with Crippen molar-refractivity contribution < 1.29 is 8.42 Å². The molecule has 1 aromatic rings. The molecule has 72 valence electrons. The van der Waals surface area contributed by atoms with Crippen LogP contribution in [0.15, 0.2) is 32.8 Å². The van der Waals surface area contributed by atoms with E-state index in [0.717, 1.165) is 3.79 Å². The molecule has 0 radical (unpaired) electrons. The molecule has 5 heteroatoms. The lowest BCUT2D eigenvalue weighted by Gasteiger charge is -2.04. The van der Waals surface area contributed by atoms with Crippen molar-refractivity contribution in [2.24, 2.45) is 0 Å². The van der Waals surface area contributed by atoms with Crippen molar-refractivity contribution in [2.45, 2.75) is 16.4 Å². The minimum atomic E-state index is -3.20. The van der Waals surface area contributed by atoms with Gasteiger partial charge in [0.15, 0.2) is 9.84 Å². The third-order valence-corrected chi connectivity index (χ3v) is 5.88. The summed E-state index contributed by atoms with van der Waals surface area (Å²) in [4.78, 5) is 0. The second-order valence-corrected chi connectivity index (χ2v) is 7.54. The van der Waals surface area contributed by atoms with Crippen molar-refractivity contribution in [2.75, 3.05) is 0 Å². The van der Waals surface area contributed by atoms with E-state index in [0.29, 0.717) is 4.21 Å². The Hall–Kier alpha value is -0.130. The zero-order chi connectivity index (χ0) is 10.1. The molecule has 1 rings (SSSR count). The SMILES string of the molecule is C=CC(C)S(=O)(=O)c1ccc(Br)s1. The van der Waals surface area contributed by atoms with Crippen molar-refractivity contribution in [3.63, 3.8) is 0 Å². The van der Waals surface area contributed by atoms with Crippen molar-refractivity contribution in [1.29, 1.82) is 0 Å². The van der Waals surface area contributed by atoms with Gasteiger partial charge in [-0.3, -0.25) is 0 Å². The van der Waals surface area contributed by atoms with Crippen LogP contribution >= 0.6 is 27.3 Å². The fourth-order valence-electron chi connectivity index (χ4n) is 0.761. The quantitative estimate of drug-likeness (QED) is 0.798. The van der Waals surface area contributed by atoms with Crippen LogP contribution < -0.4 is 0 Å². The average molecular weight is 281 g/mol. The summed E-state index contributed by atoms with van der Waals surface area (Å²) in [7, 11) is -3.20. The molecule has 0 bridgehead atoms. The summed E-state index contributed by atoms with van der Waals surface area (Å²) in [5, 5.41) is -0.530. The Bertz CT molecular complexity index is 406. The van der Waals surface area contributed by atoms with Gasteiger partial charge in [0, 0.05) is 0 Å². The van der Waals surface area contributed by atoms with Gasteiger partial charge in [0.05, 0.1) is 9.04 Å². The highest BCUT2D eigenvalue weighted by Crippen LogP contribution is 2.28. The van der Waals surface area contributed by atoms with Crippen LogP contribution in [0.2, 0.25) is 0 Å². The van der Waals surface area contributed by atoms with E-state index < -0.39 is 15.1 Å². The highest BCUT2D eigenvalue weighted by molar-refractivity contribution is 9.11. The molecule has 0 fully saturated rings. The Morgan fingerprint density at radius 2 is 2.23 bits per heavy atom. The fraction of sp³-hybridized carbons (Fsp3) is 0.250. The third kappa shape index (κ3) is 2.21. The van der Waals surface area contributed by atoms with Crippen molar-refractivity contribution >= 4 is 37.1 Å². The molecule has 0 amide bonds. The van der Waals surface area contributed by atoms with Gasteiger partial charge in [0.1, 0.15) is 4.21 Å². The van der Waals surface area contributed by atoms with Crippen molar-refractivity contribution in [3.8, 4) is 0 Å². The van der Waals surface area contributed by atoms with Crippen LogP contribution in [0.3, 0.4) is 0 Å². The lowest BCUT2D eigenvalue weighted by Crippen LogP contribution is -2.13. The first kappa shape index (κ1) is 10.9. The van der Waals surface area contributed by atoms with Crippen molar-refractivity contribution in [1.82, 2.24) is 0 Å². The second-order valence-electron chi connectivity index (χ2n) is 2.54. The maximum absolute atomic E-state index is 11.7. The topological polar surface area (TPSA) is 34.1 Å². The molecule has 0 saturated carbocycles. The normalized spacial score (nSPS) is 14.0. The van der Waals surface area contributed by atoms with Gasteiger partial charge >= 0.3 is 0 Å². The molecular weight excluding hydrogens is 272 g/mol. The number of rotatable bonds is 3. The van der Waals surface area contributed by atoms with Crippen LogP contribution in [0.1, 0.15) is 6.92 Å². The lowest BCUT2D eigenvalue weighted by atomic mass is 10.5. The zero-order valence-electron chi connectivity index (χ0n) is 7.03. The Morgan fingerprint density at radius 3 is 2.62 bits per heavy atom. The summed E-state index contributed by atoms with van der Waals surface area (Å²) < 4.78 is 24.6. The van der Waals surface area contributed by atoms with Gasteiger partial charge < -0.3 is 0 Å². The fourth-order valence-corrected chi connectivity index (χ4v) is 4.27. The first-order valence-corrected chi connectivity index (χ1v) is 6.76. The molecule has 1 atom stereocenters. The van der Waals surface area contributed by atoms with E-state index in [1.165, 1.54) is 17.4 Å². The van der Waals surface area contributed by atoms with Crippen LogP contribution in [-0.4, -0.2) is 13.7 Å². The minimum absolute atomic E-state index is 0.381. The van der Waals surface area contributed by atoms with Crippen LogP contribution in [0, 0.1) is 0 Å². The van der Waals surface area contributed by atoms with E-state index >= 15 is 0 Å². The molecule has 1 aromatic heterocycles. The monoisotopic (exact) mass is 280 g/mol. The van der Waals surface area contributed by atoms with E-state index in [-0.39, 0.29) is 0 Å². The predicted molar refractivity (Wildman–Crippen MR) is 58.9 cm³/mol. The lowest BCUT2D eigenvalue weighted by molar-refractivity contribution is 0.593. The Labute approximate surface area is 90.3 Å². The van der Waals surface area contributed by atoms with E-state index in [2.05, 4.69) is 22.5 Å². The zero-order valence-corrected chi connectivity index (χ0v) is 10.2. The van der Waals surface area contributed by atoms with Crippen LogP contribution in [0.25, 0.3) is 0 Å². The summed E-state index contributed by atoms with van der Waals surface area (Å²) in [6.45, 7) is 5.09. The molecule has 0 aliphatic rings. The highest BCUT2D eigenvalue weighted by atomic mass is 79.9. The van der Waals surface area contributed by atoms with Gasteiger partial charge in [-0.2, -0.15) is 0 Å². The minimum Gasteiger partial charge on any atom is -0.222 e. The van der Waals surface area contributed by atoms with Crippen LogP contribution in [-0.2, 0) is 9.84 Å². The molecule has 1 heterocycles. The summed E-state index contributed by atoms with van der Waals surface area (Å²) >= 11 is 4.44. The summed E-state index contributed by atoms with van der Waals surface area (Å²) in [5.41, 5.74) is 0. The largest absolute Gasteiger partial charge is 0.222 e. The number of halogens is 1. The molecule has 0 N–H and O–H groups in total. The molecule has 0 spiro atoms. The van der Waals surface area contributed by atoms with Gasteiger partial charge in [-0.15, -0.1) is 17.9 Å². The van der Waals surface area contributed by atoms with Crippen LogP contribution in [0.4, 0.5) is 0 Å². The van der Waals surface area contributed by atoms with Gasteiger partial charge in [0.25, 0.3) is 0 Å². The number of sulfone groups is 1. The summed E-state index contributed by atoms with van der Waals surface area (Å²) in [6, 6.07) is 3.33. The summed E-state index contributed by atoms with van der Waals surface area (Å²) in [6.07, 6.45) is 1.43. The first-order valence-electron chi connectivity index (χ1n) is 3.60. The maximum Gasteiger partial charge on any atom is 0.193 e. The number of hydrogen-bond acceptors (Lipinski definition) is 3. The molecule has 0 saturated heterocycles. The molecular formula is C8H9BrO2S2. The smallest absolute Gasteiger partial charge is 0.193 e. The van der Waals surface area contributed by atoms with E-state index in [9.17, 15) is 8.42 Å².